The van der Waals surface area contributed by atoms with Gasteiger partial charge in [0.2, 0.25) is 0 Å². The van der Waals surface area contributed by atoms with E-state index in [-0.39, 0.29) is 17.7 Å². The van der Waals surface area contributed by atoms with E-state index in [9.17, 15) is 0 Å². The average molecular weight is 312 g/mol. The molecule has 21 heavy (non-hydrogen) atoms. The summed E-state index contributed by atoms with van der Waals surface area (Å²) in [5.74, 6) is 0. The molecule has 0 aromatic heterocycles. The van der Waals surface area contributed by atoms with E-state index in [1.807, 2.05) is 18.2 Å². The SMILES string of the molecule is CC(C)(C)NCC(OCC1CCCO1)c1cccc(Cl)c1. The van der Waals surface area contributed by atoms with Crippen LogP contribution in [0.5, 0.6) is 0 Å². The van der Waals surface area contributed by atoms with Gasteiger partial charge in [-0.3, -0.25) is 0 Å². The lowest BCUT2D eigenvalue weighted by Crippen LogP contribution is -2.39. The minimum absolute atomic E-state index is 0.00729. The van der Waals surface area contributed by atoms with Gasteiger partial charge in [-0.2, -0.15) is 0 Å². The third kappa shape index (κ3) is 5.95. The van der Waals surface area contributed by atoms with Gasteiger partial charge in [0.15, 0.2) is 0 Å². The van der Waals surface area contributed by atoms with Crippen molar-refractivity contribution in [1.82, 2.24) is 5.32 Å². The van der Waals surface area contributed by atoms with Crippen molar-refractivity contribution in [3.8, 4) is 0 Å². The Morgan fingerprint density at radius 2 is 2.24 bits per heavy atom. The van der Waals surface area contributed by atoms with E-state index in [4.69, 9.17) is 21.1 Å². The Morgan fingerprint density at radius 1 is 1.43 bits per heavy atom. The zero-order valence-electron chi connectivity index (χ0n) is 13.2. The van der Waals surface area contributed by atoms with Gasteiger partial charge in [0.25, 0.3) is 0 Å². The summed E-state index contributed by atoms with van der Waals surface area (Å²) in [6.45, 7) is 8.72. The van der Waals surface area contributed by atoms with Crippen LogP contribution >= 0.6 is 11.6 Å². The second-order valence-corrected chi connectivity index (χ2v) is 7.08. The van der Waals surface area contributed by atoms with Gasteiger partial charge in [-0.05, 0) is 51.3 Å². The molecule has 4 heteroatoms. The fraction of sp³-hybridized carbons (Fsp3) is 0.647. The summed E-state index contributed by atoms with van der Waals surface area (Å²) in [6.07, 6.45) is 2.46. The van der Waals surface area contributed by atoms with Crippen molar-refractivity contribution in [3.63, 3.8) is 0 Å². The second kappa shape index (κ2) is 7.59. The molecule has 1 aliphatic heterocycles. The van der Waals surface area contributed by atoms with Crippen LogP contribution in [-0.4, -0.2) is 31.4 Å². The Bertz CT molecular complexity index is 439. The van der Waals surface area contributed by atoms with E-state index in [0.29, 0.717) is 6.61 Å². The molecule has 1 fully saturated rings. The molecule has 3 nitrogen and oxygen atoms in total. The molecule has 1 N–H and O–H groups in total. The molecule has 0 aliphatic carbocycles. The first-order valence-corrected chi connectivity index (χ1v) is 8.05. The van der Waals surface area contributed by atoms with E-state index in [1.54, 1.807) is 0 Å². The molecule has 2 atom stereocenters. The van der Waals surface area contributed by atoms with Gasteiger partial charge in [0, 0.05) is 23.7 Å². The monoisotopic (exact) mass is 311 g/mol. The highest BCUT2D eigenvalue weighted by atomic mass is 35.5. The van der Waals surface area contributed by atoms with Gasteiger partial charge in [-0.15, -0.1) is 0 Å². The number of rotatable bonds is 6. The maximum atomic E-state index is 6.12. The van der Waals surface area contributed by atoms with Gasteiger partial charge in [0.1, 0.15) is 0 Å². The third-order valence-electron chi connectivity index (χ3n) is 3.55. The van der Waals surface area contributed by atoms with Crippen LogP contribution in [0.1, 0.15) is 45.3 Å². The molecule has 1 aliphatic rings. The molecule has 2 rings (SSSR count). The van der Waals surface area contributed by atoms with Crippen LogP contribution in [0.2, 0.25) is 5.02 Å². The quantitative estimate of drug-likeness (QED) is 0.862. The fourth-order valence-electron chi connectivity index (χ4n) is 2.38. The summed E-state index contributed by atoms with van der Waals surface area (Å²) in [5, 5.41) is 4.25. The zero-order valence-corrected chi connectivity index (χ0v) is 14.0. The van der Waals surface area contributed by atoms with Gasteiger partial charge in [-0.25, -0.2) is 0 Å². The number of hydrogen-bond donors (Lipinski definition) is 1. The van der Waals surface area contributed by atoms with Crippen molar-refractivity contribution in [2.45, 2.75) is 51.4 Å². The third-order valence-corrected chi connectivity index (χ3v) is 3.78. The van der Waals surface area contributed by atoms with Gasteiger partial charge >= 0.3 is 0 Å². The molecule has 0 spiro atoms. The van der Waals surface area contributed by atoms with Gasteiger partial charge < -0.3 is 14.8 Å². The number of halogens is 1. The standard InChI is InChI=1S/C17H26ClNO2/c1-17(2,3)19-11-16(13-6-4-7-14(18)10-13)21-12-15-8-5-9-20-15/h4,6-7,10,15-16,19H,5,8-9,11-12H2,1-3H3. The first-order chi connectivity index (χ1) is 9.94. The molecule has 0 bridgehead atoms. The van der Waals surface area contributed by atoms with Crippen molar-refractivity contribution in [3.05, 3.63) is 34.9 Å². The van der Waals surface area contributed by atoms with Crippen LogP contribution in [0.4, 0.5) is 0 Å². The van der Waals surface area contributed by atoms with E-state index in [2.05, 4.69) is 32.2 Å². The van der Waals surface area contributed by atoms with E-state index < -0.39 is 0 Å². The van der Waals surface area contributed by atoms with Crippen molar-refractivity contribution >= 4 is 11.6 Å². The summed E-state index contributed by atoms with van der Waals surface area (Å²) in [5.41, 5.74) is 1.17. The molecule has 2 unspecified atom stereocenters. The van der Waals surface area contributed by atoms with Crippen molar-refractivity contribution in [1.29, 1.82) is 0 Å². The molecular weight excluding hydrogens is 286 g/mol. The first kappa shape index (κ1) is 16.8. The first-order valence-electron chi connectivity index (χ1n) is 7.68. The van der Waals surface area contributed by atoms with Crippen molar-refractivity contribution in [2.75, 3.05) is 19.8 Å². The van der Waals surface area contributed by atoms with Crippen LogP contribution in [0.15, 0.2) is 24.3 Å². The van der Waals surface area contributed by atoms with E-state index >= 15 is 0 Å². The highest BCUT2D eigenvalue weighted by Crippen LogP contribution is 2.23. The number of benzene rings is 1. The smallest absolute Gasteiger partial charge is 0.0951 e. The Kier molecular flexibility index (Phi) is 6.06. The Balaban J connectivity index is 1.98. The van der Waals surface area contributed by atoms with Crippen molar-refractivity contribution < 1.29 is 9.47 Å². The maximum absolute atomic E-state index is 6.12. The van der Waals surface area contributed by atoms with Gasteiger partial charge in [-0.1, -0.05) is 23.7 Å². The Morgan fingerprint density at radius 3 is 2.86 bits per heavy atom. The molecule has 0 amide bonds. The lowest BCUT2D eigenvalue weighted by atomic mass is 10.1. The van der Waals surface area contributed by atoms with E-state index in [1.165, 1.54) is 0 Å². The summed E-state index contributed by atoms with van der Waals surface area (Å²) >= 11 is 6.11. The fourth-order valence-corrected chi connectivity index (χ4v) is 2.58. The van der Waals surface area contributed by atoms with Gasteiger partial charge in [0.05, 0.1) is 18.8 Å². The van der Waals surface area contributed by atoms with Crippen LogP contribution < -0.4 is 5.32 Å². The highest BCUT2D eigenvalue weighted by molar-refractivity contribution is 6.30. The molecule has 0 radical (unpaired) electrons. The largest absolute Gasteiger partial charge is 0.376 e. The van der Waals surface area contributed by atoms with Crippen LogP contribution in [0.3, 0.4) is 0 Å². The van der Waals surface area contributed by atoms with Crippen LogP contribution in [-0.2, 0) is 9.47 Å². The van der Waals surface area contributed by atoms with Crippen LogP contribution in [0, 0.1) is 0 Å². The topological polar surface area (TPSA) is 30.5 Å². The summed E-state index contributed by atoms with van der Waals surface area (Å²) in [6, 6.07) is 7.90. The predicted molar refractivity (Wildman–Crippen MR) is 86.9 cm³/mol. The number of hydrogen-bond acceptors (Lipinski definition) is 3. The number of nitrogens with one attached hydrogen (secondary N) is 1. The van der Waals surface area contributed by atoms with E-state index in [0.717, 1.165) is 36.6 Å². The van der Waals surface area contributed by atoms with Crippen LogP contribution in [0.25, 0.3) is 0 Å². The lowest BCUT2D eigenvalue weighted by Gasteiger charge is -2.26. The molecule has 0 saturated carbocycles. The minimum Gasteiger partial charge on any atom is -0.376 e. The lowest BCUT2D eigenvalue weighted by molar-refractivity contribution is -0.0226. The zero-order chi connectivity index (χ0) is 15.3. The molecule has 118 valence electrons. The second-order valence-electron chi connectivity index (χ2n) is 6.64. The Labute approximate surface area is 133 Å². The minimum atomic E-state index is -0.00729. The maximum Gasteiger partial charge on any atom is 0.0951 e. The summed E-state index contributed by atoms with van der Waals surface area (Å²) in [7, 11) is 0. The summed E-state index contributed by atoms with van der Waals surface area (Å²) < 4.78 is 11.8. The normalized spacial score (nSPS) is 20.7. The number of ether oxygens (including phenoxy) is 2. The summed E-state index contributed by atoms with van der Waals surface area (Å²) in [4.78, 5) is 0. The Hall–Kier alpha value is -0.610. The molecule has 1 saturated heterocycles. The molecule has 1 aromatic carbocycles. The van der Waals surface area contributed by atoms with Crippen molar-refractivity contribution in [2.24, 2.45) is 0 Å². The molecule has 1 heterocycles. The molecular formula is C17H26ClNO2. The molecule has 1 aromatic rings. The predicted octanol–water partition coefficient (Wildman–Crippen LogP) is 3.96. The average Bonchev–Trinajstić information content (AvgIpc) is 2.90. The highest BCUT2D eigenvalue weighted by Gasteiger charge is 2.21.